The Balaban J connectivity index is 1.82. The van der Waals surface area contributed by atoms with Crippen molar-refractivity contribution < 1.29 is 9.59 Å². The molecule has 1 aromatic carbocycles. The molecule has 1 aromatic heterocycles. The Morgan fingerprint density at radius 1 is 1.07 bits per heavy atom. The summed E-state index contributed by atoms with van der Waals surface area (Å²) in [5.41, 5.74) is 3.67. The highest BCUT2D eigenvalue weighted by atomic mass is 16.2. The van der Waals surface area contributed by atoms with Gasteiger partial charge in [0.1, 0.15) is 5.78 Å². The van der Waals surface area contributed by atoms with Gasteiger partial charge in [0.15, 0.2) is 5.78 Å². The maximum absolute atomic E-state index is 13.0. The molecule has 28 heavy (non-hydrogen) atoms. The van der Waals surface area contributed by atoms with Crippen molar-refractivity contribution in [3.8, 4) is 0 Å². The first-order valence-electron chi connectivity index (χ1n) is 9.99. The van der Waals surface area contributed by atoms with E-state index < -0.39 is 6.04 Å². The first-order valence-corrected chi connectivity index (χ1v) is 9.99. The molecule has 2 heterocycles. The average Bonchev–Trinajstić information content (AvgIpc) is 2.88. The lowest BCUT2D eigenvalue weighted by molar-refractivity contribution is -0.132. The molecule has 1 saturated carbocycles. The predicted octanol–water partition coefficient (Wildman–Crippen LogP) is 1.65. The Kier molecular flexibility index (Phi) is 4.65. The highest BCUT2D eigenvalue weighted by Crippen LogP contribution is 2.33. The predicted molar refractivity (Wildman–Crippen MR) is 109 cm³/mol. The normalized spacial score (nSPS) is 24.4. The van der Waals surface area contributed by atoms with E-state index in [4.69, 9.17) is 0 Å². The molecule has 2 aromatic rings. The van der Waals surface area contributed by atoms with E-state index in [1.807, 2.05) is 6.07 Å². The fourth-order valence-corrected chi connectivity index (χ4v) is 4.90. The molecule has 2 aliphatic rings. The molecule has 1 unspecified atom stereocenters. The fourth-order valence-electron chi connectivity index (χ4n) is 4.90. The van der Waals surface area contributed by atoms with Gasteiger partial charge in [-0.15, -0.1) is 0 Å². The quantitative estimate of drug-likeness (QED) is 0.737. The lowest BCUT2D eigenvalue weighted by Gasteiger charge is -2.40. The van der Waals surface area contributed by atoms with Gasteiger partial charge in [-0.2, -0.15) is 0 Å². The number of anilines is 1. The molecule has 0 spiro atoms. The summed E-state index contributed by atoms with van der Waals surface area (Å²) < 4.78 is 3.26. The Hall–Kier alpha value is -2.41. The molecule has 2 atom stereocenters. The third-order valence-electron chi connectivity index (χ3n) is 6.36. The molecule has 0 N–H and O–H groups in total. The highest BCUT2D eigenvalue weighted by molar-refractivity contribution is 6.03. The molecule has 150 valence electrons. The van der Waals surface area contributed by atoms with Crippen LogP contribution in [0.1, 0.15) is 37.8 Å². The molecule has 7 nitrogen and oxygen atoms in total. The van der Waals surface area contributed by atoms with Crippen LogP contribution in [0.4, 0.5) is 5.69 Å². The van der Waals surface area contributed by atoms with Crippen LogP contribution in [0.3, 0.4) is 0 Å². The molecule has 0 bridgehead atoms. The van der Waals surface area contributed by atoms with Crippen molar-refractivity contribution >= 4 is 28.3 Å². The summed E-state index contributed by atoms with van der Waals surface area (Å²) in [6, 6.07) is 3.89. The third kappa shape index (κ3) is 2.89. The van der Waals surface area contributed by atoms with Crippen LogP contribution in [0.25, 0.3) is 11.0 Å². The lowest BCUT2D eigenvalue weighted by atomic mass is 9.92. The van der Waals surface area contributed by atoms with E-state index in [0.717, 1.165) is 41.9 Å². The number of ketones is 2. The van der Waals surface area contributed by atoms with Gasteiger partial charge in [-0.05, 0) is 45.0 Å². The van der Waals surface area contributed by atoms with Crippen molar-refractivity contribution in [3.63, 3.8) is 0 Å². The number of rotatable bonds is 2. The van der Waals surface area contributed by atoms with Gasteiger partial charge >= 0.3 is 5.69 Å². The molecule has 2 fully saturated rings. The molecule has 0 radical (unpaired) electrons. The van der Waals surface area contributed by atoms with E-state index in [1.54, 1.807) is 16.2 Å². The monoisotopic (exact) mass is 384 g/mol. The number of aromatic nitrogens is 2. The lowest BCUT2D eigenvalue weighted by Crippen LogP contribution is -2.50. The number of aryl methyl sites for hydroxylation is 2. The summed E-state index contributed by atoms with van der Waals surface area (Å²) in [4.78, 5) is 41.9. The van der Waals surface area contributed by atoms with E-state index in [9.17, 15) is 14.4 Å². The van der Waals surface area contributed by atoms with E-state index in [1.165, 1.54) is 0 Å². The fraction of sp³-hybridized carbons (Fsp3) is 0.571. The van der Waals surface area contributed by atoms with Gasteiger partial charge in [-0.3, -0.25) is 18.7 Å². The van der Waals surface area contributed by atoms with Gasteiger partial charge < -0.3 is 9.80 Å². The number of imidazole rings is 1. The van der Waals surface area contributed by atoms with Crippen molar-refractivity contribution in [3.05, 3.63) is 28.2 Å². The van der Waals surface area contributed by atoms with Gasteiger partial charge in [0.25, 0.3) is 0 Å². The maximum atomic E-state index is 13.0. The summed E-state index contributed by atoms with van der Waals surface area (Å²) in [6.45, 7) is 7.23. The van der Waals surface area contributed by atoms with Gasteiger partial charge in [0.2, 0.25) is 0 Å². The van der Waals surface area contributed by atoms with Crippen molar-refractivity contribution in [2.75, 3.05) is 31.6 Å². The van der Waals surface area contributed by atoms with Crippen LogP contribution in [0, 0.1) is 6.92 Å². The smallest absolute Gasteiger partial charge is 0.329 e. The van der Waals surface area contributed by atoms with E-state index in [-0.39, 0.29) is 23.7 Å². The number of hydrogen-bond acceptors (Lipinski definition) is 5. The summed E-state index contributed by atoms with van der Waals surface area (Å²) in [5, 5.41) is 0. The Morgan fingerprint density at radius 2 is 1.82 bits per heavy atom. The van der Waals surface area contributed by atoms with Crippen molar-refractivity contribution in [1.29, 1.82) is 0 Å². The Labute approximate surface area is 164 Å². The molecule has 1 saturated heterocycles. The number of likely N-dealkylation sites (N-methyl/N-ethyl adjacent to an activating group) is 1. The highest BCUT2D eigenvalue weighted by Gasteiger charge is 2.32. The number of hydrogen-bond donors (Lipinski definition) is 0. The number of fused-ring (bicyclic) bond motifs is 1. The number of piperazine rings is 1. The molecule has 7 heteroatoms. The maximum Gasteiger partial charge on any atom is 0.329 e. The van der Waals surface area contributed by atoms with Gasteiger partial charge in [0, 0.05) is 44.8 Å². The molecular weight excluding hydrogens is 356 g/mol. The number of carbonyl (C=O) groups excluding carboxylic acids is 2. The third-order valence-corrected chi connectivity index (χ3v) is 6.36. The minimum atomic E-state index is -0.540. The number of Topliss-reactive ketones (excluding diaryl/α,β-unsaturated/α-hetero) is 2. The zero-order valence-electron chi connectivity index (χ0n) is 17.1. The van der Waals surface area contributed by atoms with Gasteiger partial charge in [0.05, 0.1) is 23.5 Å². The number of carbonyl (C=O) groups is 2. The summed E-state index contributed by atoms with van der Waals surface area (Å²) in [7, 11) is 3.91. The van der Waals surface area contributed by atoms with Crippen LogP contribution in [-0.2, 0) is 16.6 Å². The average molecular weight is 384 g/mol. The summed E-state index contributed by atoms with van der Waals surface area (Å²) in [6.07, 6.45) is 0.700. The number of benzene rings is 1. The van der Waals surface area contributed by atoms with Crippen molar-refractivity contribution in [2.24, 2.45) is 7.05 Å². The Morgan fingerprint density at radius 3 is 2.50 bits per heavy atom. The number of nitrogens with zero attached hydrogens (tertiary/aromatic N) is 4. The summed E-state index contributed by atoms with van der Waals surface area (Å²) >= 11 is 0. The van der Waals surface area contributed by atoms with Crippen LogP contribution < -0.4 is 10.6 Å². The van der Waals surface area contributed by atoms with Crippen molar-refractivity contribution in [1.82, 2.24) is 14.0 Å². The molecule has 4 rings (SSSR count). The molecule has 0 amide bonds. The van der Waals surface area contributed by atoms with E-state index >= 15 is 0 Å². The Bertz CT molecular complexity index is 1020. The minimum Gasteiger partial charge on any atom is -0.366 e. The topological polar surface area (TPSA) is 67.5 Å². The standard InChI is InChI=1S/C21H28N4O3/c1-13-12-22(3)9-10-24(13)16-7-8-18-20(14(16)2)23(4)21(28)25(18)17-6-5-15(26)11-19(17)27/h7-8,13,17H,5-6,9-12H2,1-4H3/t13-,17?/m1/s1. The van der Waals surface area contributed by atoms with Crippen LogP contribution in [0.5, 0.6) is 0 Å². The second-order valence-electron chi connectivity index (χ2n) is 8.33. The van der Waals surface area contributed by atoms with Crippen LogP contribution in [-0.4, -0.2) is 58.3 Å². The molecule has 1 aliphatic heterocycles. The van der Waals surface area contributed by atoms with Crippen LogP contribution in [0.2, 0.25) is 0 Å². The SMILES string of the molecule is Cc1c(N2CCN(C)C[C@H]2C)ccc2c1n(C)c(=O)n2C1CCC(=O)CC1=O. The largest absolute Gasteiger partial charge is 0.366 e. The van der Waals surface area contributed by atoms with Crippen molar-refractivity contribution in [2.45, 2.75) is 45.2 Å². The second-order valence-corrected chi connectivity index (χ2v) is 8.33. The first-order chi connectivity index (χ1) is 13.3. The molecule has 1 aliphatic carbocycles. The first kappa shape index (κ1) is 18.9. The summed E-state index contributed by atoms with van der Waals surface area (Å²) in [5.74, 6) is -0.183. The van der Waals surface area contributed by atoms with E-state index in [0.29, 0.717) is 18.9 Å². The minimum absolute atomic E-state index is 0.0305. The zero-order chi connectivity index (χ0) is 20.2. The van der Waals surface area contributed by atoms with Crippen LogP contribution in [0.15, 0.2) is 16.9 Å². The van der Waals surface area contributed by atoms with Crippen LogP contribution >= 0.6 is 0 Å². The second kappa shape index (κ2) is 6.88. The van der Waals surface area contributed by atoms with Gasteiger partial charge in [-0.1, -0.05) is 0 Å². The van der Waals surface area contributed by atoms with Gasteiger partial charge in [-0.25, -0.2) is 4.79 Å². The van der Waals surface area contributed by atoms with E-state index in [2.05, 4.69) is 36.8 Å². The molecular formula is C21H28N4O3. The zero-order valence-corrected chi connectivity index (χ0v) is 17.1.